The number of sulfone groups is 1. The third-order valence-corrected chi connectivity index (χ3v) is 5.42. The Bertz CT molecular complexity index is 1230. The number of nitrogens with zero attached hydrogens (tertiary/aromatic N) is 2. The lowest BCUT2D eigenvalue weighted by atomic mass is 10.0. The van der Waals surface area contributed by atoms with Crippen LogP contribution in [0.25, 0.3) is 16.9 Å². The van der Waals surface area contributed by atoms with E-state index in [0.29, 0.717) is 5.69 Å². The number of hydrogen-bond acceptors (Lipinski definition) is 8. The minimum atomic E-state index is -3.62. The van der Waals surface area contributed by atoms with E-state index in [9.17, 15) is 23.1 Å². The van der Waals surface area contributed by atoms with Crippen molar-refractivity contribution in [3.63, 3.8) is 0 Å². The lowest BCUT2D eigenvalue weighted by Crippen LogP contribution is -2.15. The van der Waals surface area contributed by atoms with E-state index in [0.717, 1.165) is 20.5 Å². The summed E-state index contributed by atoms with van der Waals surface area (Å²) < 4.78 is 34.8. The van der Waals surface area contributed by atoms with Gasteiger partial charge in [-0.15, -0.1) is 0 Å². The molecule has 0 unspecified atom stereocenters. The Labute approximate surface area is 172 Å². The average molecular weight is 430 g/mol. The maximum absolute atomic E-state index is 12.6. The number of aromatic hydroxyl groups is 1. The summed E-state index contributed by atoms with van der Waals surface area (Å²) >= 11 is 0. The van der Waals surface area contributed by atoms with Gasteiger partial charge >= 0.3 is 11.9 Å². The van der Waals surface area contributed by atoms with Crippen molar-refractivity contribution in [3.05, 3.63) is 59.8 Å². The number of hydrogen-bond donors (Lipinski definition) is 1. The van der Waals surface area contributed by atoms with Gasteiger partial charge in [0, 0.05) is 11.8 Å². The third kappa shape index (κ3) is 3.77. The first-order chi connectivity index (χ1) is 14.2. The van der Waals surface area contributed by atoms with Crippen molar-refractivity contribution < 1.29 is 32.6 Å². The van der Waals surface area contributed by atoms with E-state index in [-0.39, 0.29) is 33.2 Å². The Morgan fingerprint density at radius 3 is 2.20 bits per heavy atom. The fraction of sp³-hybridized carbons (Fsp3) is 0.150. The number of methoxy groups -OCH3 is 2. The zero-order valence-electron chi connectivity index (χ0n) is 16.3. The molecule has 0 saturated carbocycles. The van der Waals surface area contributed by atoms with Gasteiger partial charge in [-0.1, -0.05) is 18.2 Å². The Kier molecular flexibility index (Phi) is 5.61. The number of ether oxygens (including phenoxy) is 2. The largest absolute Gasteiger partial charge is 0.507 e. The van der Waals surface area contributed by atoms with Crippen molar-refractivity contribution in [2.45, 2.75) is 4.90 Å². The summed E-state index contributed by atoms with van der Waals surface area (Å²) in [6.45, 7) is 0. The maximum Gasteiger partial charge on any atom is 0.357 e. The molecule has 0 saturated heterocycles. The Balaban J connectivity index is 2.43. The molecule has 0 radical (unpaired) electrons. The SMILES string of the molecule is COC(=O)c1c(-c2cc(S(C)(=O)=O)ccc2O)nn(-c2ccccc2)c1C(=O)OC. The van der Waals surface area contributed by atoms with E-state index in [1.54, 1.807) is 30.3 Å². The smallest absolute Gasteiger partial charge is 0.357 e. The van der Waals surface area contributed by atoms with E-state index in [2.05, 4.69) is 5.10 Å². The van der Waals surface area contributed by atoms with Crippen molar-refractivity contribution >= 4 is 21.8 Å². The number of rotatable bonds is 5. The van der Waals surface area contributed by atoms with Crippen LogP contribution in [-0.2, 0) is 19.3 Å². The lowest BCUT2D eigenvalue weighted by Gasteiger charge is -2.07. The topological polar surface area (TPSA) is 125 Å². The molecule has 9 nitrogen and oxygen atoms in total. The van der Waals surface area contributed by atoms with Crippen molar-refractivity contribution in [3.8, 4) is 22.7 Å². The van der Waals surface area contributed by atoms with Gasteiger partial charge in [0.05, 0.1) is 24.8 Å². The van der Waals surface area contributed by atoms with E-state index in [1.165, 1.54) is 22.9 Å². The van der Waals surface area contributed by atoms with Crippen molar-refractivity contribution in [2.24, 2.45) is 0 Å². The maximum atomic E-state index is 12.6. The molecule has 3 rings (SSSR count). The first-order valence-electron chi connectivity index (χ1n) is 8.57. The molecule has 0 fully saturated rings. The second kappa shape index (κ2) is 7.99. The second-order valence-electron chi connectivity index (χ2n) is 6.25. The summed E-state index contributed by atoms with van der Waals surface area (Å²) in [5.41, 5.74) is -0.246. The molecule has 156 valence electrons. The molecule has 0 spiro atoms. The highest BCUT2D eigenvalue weighted by atomic mass is 32.2. The highest BCUT2D eigenvalue weighted by Crippen LogP contribution is 2.35. The molecule has 0 aliphatic heterocycles. The fourth-order valence-corrected chi connectivity index (χ4v) is 3.53. The number of aromatic nitrogens is 2. The summed E-state index contributed by atoms with van der Waals surface area (Å²) in [5, 5.41) is 14.7. The van der Waals surface area contributed by atoms with Gasteiger partial charge in [-0.2, -0.15) is 5.10 Å². The zero-order chi connectivity index (χ0) is 22.1. The molecule has 1 aromatic heterocycles. The van der Waals surface area contributed by atoms with E-state index < -0.39 is 21.8 Å². The molecule has 0 bridgehead atoms. The number of esters is 2. The Morgan fingerprint density at radius 2 is 1.63 bits per heavy atom. The third-order valence-electron chi connectivity index (χ3n) is 4.31. The Morgan fingerprint density at radius 1 is 1.00 bits per heavy atom. The van der Waals surface area contributed by atoms with Gasteiger partial charge in [-0.25, -0.2) is 22.7 Å². The normalized spacial score (nSPS) is 11.2. The van der Waals surface area contributed by atoms with Gasteiger partial charge in [0.1, 0.15) is 17.0 Å². The molecule has 10 heteroatoms. The van der Waals surface area contributed by atoms with Gasteiger partial charge in [-0.05, 0) is 30.3 Å². The molecular formula is C20H18N2O7S. The average Bonchev–Trinajstić information content (AvgIpc) is 3.13. The minimum absolute atomic E-state index is 0.0573. The number of phenols is 1. The van der Waals surface area contributed by atoms with Gasteiger partial charge < -0.3 is 14.6 Å². The quantitative estimate of drug-likeness (QED) is 0.611. The second-order valence-corrected chi connectivity index (χ2v) is 8.27. The minimum Gasteiger partial charge on any atom is -0.507 e. The highest BCUT2D eigenvalue weighted by molar-refractivity contribution is 7.90. The van der Waals surface area contributed by atoms with Gasteiger partial charge in [0.25, 0.3) is 0 Å². The van der Waals surface area contributed by atoms with Crippen molar-refractivity contribution in [1.82, 2.24) is 9.78 Å². The lowest BCUT2D eigenvalue weighted by molar-refractivity contribution is 0.0549. The molecule has 0 aliphatic carbocycles. The van der Waals surface area contributed by atoms with Crippen LogP contribution in [0.2, 0.25) is 0 Å². The summed E-state index contributed by atoms with van der Waals surface area (Å²) in [6, 6.07) is 12.0. The van der Waals surface area contributed by atoms with E-state index >= 15 is 0 Å². The number of carbonyl (C=O) groups excluding carboxylic acids is 2. The van der Waals surface area contributed by atoms with Crippen LogP contribution in [0.3, 0.4) is 0 Å². The molecule has 30 heavy (non-hydrogen) atoms. The highest BCUT2D eigenvalue weighted by Gasteiger charge is 2.32. The summed E-state index contributed by atoms with van der Waals surface area (Å²) in [7, 11) is -1.35. The summed E-state index contributed by atoms with van der Waals surface area (Å²) in [5.74, 6) is -2.10. The molecule has 2 aromatic carbocycles. The fourth-order valence-electron chi connectivity index (χ4n) is 2.88. The van der Waals surface area contributed by atoms with Crippen LogP contribution < -0.4 is 0 Å². The monoisotopic (exact) mass is 430 g/mol. The number of benzene rings is 2. The van der Waals surface area contributed by atoms with Crippen molar-refractivity contribution in [2.75, 3.05) is 20.5 Å². The van der Waals surface area contributed by atoms with Gasteiger partial charge in [0.2, 0.25) is 0 Å². The first kappa shape index (κ1) is 21.1. The molecule has 3 aromatic rings. The van der Waals surface area contributed by atoms with Crippen LogP contribution >= 0.6 is 0 Å². The van der Waals surface area contributed by atoms with Gasteiger partial charge in [-0.3, -0.25) is 0 Å². The molecule has 1 N–H and O–H groups in total. The van der Waals surface area contributed by atoms with Crippen LogP contribution in [0.5, 0.6) is 5.75 Å². The predicted octanol–water partition coefficient (Wildman–Crippen LogP) is 2.22. The number of carbonyl (C=O) groups is 2. The number of para-hydroxylation sites is 1. The van der Waals surface area contributed by atoms with Crippen LogP contribution in [0.15, 0.2) is 53.4 Å². The van der Waals surface area contributed by atoms with E-state index in [1.807, 2.05) is 0 Å². The van der Waals surface area contributed by atoms with Crippen LogP contribution in [0.4, 0.5) is 0 Å². The number of phenolic OH excluding ortho intramolecular Hbond substituents is 1. The molecule has 1 heterocycles. The van der Waals surface area contributed by atoms with Crippen LogP contribution in [0, 0.1) is 0 Å². The molecule has 0 aliphatic rings. The molecular weight excluding hydrogens is 412 g/mol. The van der Waals surface area contributed by atoms with Crippen LogP contribution in [0.1, 0.15) is 20.8 Å². The Hall–Kier alpha value is -3.66. The van der Waals surface area contributed by atoms with Gasteiger partial charge in [0.15, 0.2) is 15.5 Å². The van der Waals surface area contributed by atoms with Crippen molar-refractivity contribution in [1.29, 1.82) is 0 Å². The molecule has 0 amide bonds. The van der Waals surface area contributed by atoms with Crippen LogP contribution in [-0.4, -0.2) is 55.7 Å². The molecule has 0 atom stereocenters. The van der Waals surface area contributed by atoms with E-state index in [4.69, 9.17) is 9.47 Å². The standard InChI is InChI=1S/C20H18N2O7S/c1-28-19(24)16-17(14-11-13(30(3,26)27)9-10-15(14)23)21-22(18(16)20(25)29-2)12-7-5-4-6-8-12/h4-11,23H,1-3H3. The zero-order valence-corrected chi connectivity index (χ0v) is 17.1. The summed E-state index contributed by atoms with van der Waals surface area (Å²) in [4.78, 5) is 25.1. The summed E-state index contributed by atoms with van der Waals surface area (Å²) in [6.07, 6.45) is 1.01. The predicted molar refractivity (Wildman–Crippen MR) is 106 cm³/mol. The first-order valence-corrected chi connectivity index (χ1v) is 10.5.